The molecular weight excluding hydrogens is 238 g/mol. The van der Waals surface area contributed by atoms with E-state index in [2.05, 4.69) is 18.8 Å². The topological polar surface area (TPSA) is 59.2 Å². The molecule has 0 aromatic carbocycles. The van der Waals surface area contributed by atoms with Gasteiger partial charge in [-0.25, -0.2) is 4.98 Å². The van der Waals surface area contributed by atoms with Crippen molar-refractivity contribution >= 4 is 11.7 Å². The van der Waals surface area contributed by atoms with Gasteiger partial charge in [-0.1, -0.05) is 19.9 Å². The van der Waals surface area contributed by atoms with Gasteiger partial charge in [-0.2, -0.15) is 0 Å². The molecule has 1 unspecified atom stereocenters. The van der Waals surface area contributed by atoms with Gasteiger partial charge < -0.3 is 10.6 Å². The number of nitrogens with zero attached hydrogens (tertiary/aromatic N) is 2. The van der Waals surface area contributed by atoms with Gasteiger partial charge in [0.25, 0.3) is 0 Å². The van der Waals surface area contributed by atoms with Crippen LogP contribution in [-0.2, 0) is 11.3 Å². The Hall–Kier alpha value is -1.58. The van der Waals surface area contributed by atoms with Crippen molar-refractivity contribution in [2.24, 2.45) is 11.8 Å². The van der Waals surface area contributed by atoms with Crippen molar-refractivity contribution in [2.75, 3.05) is 12.3 Å². The highest BCUT2D eigenvalue weighted by Crippen LogP contribution is 2.25. The van der Waals surface area contributed by atoms with Crippen molar-refractivity contribution in [1.29, 1.82) is 0 Å². The molecule has 0 radical (unpaired) electrons. The molecule has 0 saturated carbocycles. The molecule has 0 bridgehead atoms. The summed E-state index contributed by atoms with van der Waals surface area (Å²) in [5.74, 6) is 2.06. The average Bonchev–Trinajstić information content (AvgIpc) is 2.53. The van der Waals surface area contributed by atoms with E-state index in [4.69, 9.17) is 5.73 Å². The molecule has 1 aromatic rings. The molecule has 2 rings (SSSR count). The summed E-state index contributed by atoms with van der Waals surface area (Å²) in [6.45, 7) is 5.89. The predicted octanol–water partition coefficient (Wildman–Crippen LogP) is 2.45. The second kappa shape index (κ2) is 6.04. The number of carbonyl (C=O) groups is 1. The van der Waals surface area contributed by atoms with Crippen LogP contribution in [0.3, 0.4) is 0 Å². The summed E-state index contributed by atoms with van der Waals surface area (Å²) in [5, 5.41) is 0. The predicted molar refractivity (Wildman–Crippen MR) is 76.2 cm³/mol. The smallest absolute Gasteiger partial charge is 0.222 e. The first-order valence-electron chi connectivity index (χ1n) is 7.05. The third-order valence-electron chi connectivity index (χ3n) is 3.98. The number of hydrogen-bond donors (Lipinski definition) is 1. The molecule has 104 valence electrons. The van der Waals surface area contributed by atoms with Crippen LogP contribution in [0.4, 0.5) is 5.82 Å². The minimum Gasteiger partial charge on any atom is -0.384 e. The Morgan fingerprint density at radius 2 is 2.21 bits per heavy atom. The van der Waals surface area contributed by atoms with Crippen molar-refractivity contribution in [1.82, 2.24) is 9.88 Å². The third kappa shape index (κ3) is 3.69. The Bertz CT molecular complexity index is 445. The van der Waals surface area contributed by atoms with E-state index in [0.29, 0.717) is 30.6 Å². The highest BCUT2D eigenvalue weighted by atomic mass is 16.2. The van der Waals surface area contributed by atoms with Crippen LogP contribution in [0.15, 0.2) is 18.2 Å². The van der Waals surface area contributed by atoms with E-state index in [1.165, 1.54) is 0 Å². The molecule has 1 saturated heterocycles. The van der Waals surface area contributed by atoms with Crippen molar-refractivity contribution < 1.29 is 4.79 Å². The molecule has 2 heterocycles. The molecule has 1 aromatic heterocycles. The summed E-state index contributed by atoms with van der Waals surface area (Å²) >= 11 is 0. The maximum atomic E-state index is 12.1. The van der Waals surface area contributed by atoms with Crippen LogP contribution in [0, 0.1) is 11.8 Å². The van der Waals surface area contributed by atoms with Crippen molar-refractivity contribution in [3.63, 3.8) is 0 Å². The number of pyridine rings is 1. The zero-order chi connectivity index (χ0) is 13.8. The van der Waals surface area contributed by atoms with Crippen molar-refractivity contribution in [3.05, 3.63) is 23.9 Å². The largest absolute Gasteiger partial charge is 0.384 e. The van der Waals surface area contributed by atoms with E-state index in [1.54, 1.807) is 6.07 Å². The number of hydrogen-bond acceptors (Lipinski definition) is 3. The van der Waals surface area contributed by atoms with Gasteiger partial charge in [0.05, 0.1) is 12.2 Å². The average molecular weight is 261 g/mol. The lowest BCUT2D eigenvalue weighted by atomic mass is 9.89. The summed E-state index contributed by atoms with van der Waals surface area (Å²) < 4.78 is 0. The van der Waals surface area contributed by atoms with Gasteiger partial charge in [0.1, 0.15) is 5.82 Å². The van der Waals surface area contributed by atoms with E-state index in [0.717, 1.165) is 25.1 Å². The summed E-state index contributed by atoms with van der Waals surface area (Å²) in [5.41, 5.74) is 6.55. The quantitative estimate of drug-likeness (QED) is 0.909. The molecule has 1 amide bonds. The molecule has 4 heteroatoms. The number of carbonyl (C=O) groups excluding carboxylic acids is 1. The second-order valence-electron chi connectivity index (χ2n) is 5.70. The first-order chi connectivity index (χ1) is 9.06. The summed E-state index contributed by atoms with van der Waals surface area (Å²) in [4.78, 5) is 18.3. The Morgan fingerprint density at radius 3 is 2.89 bits per heavy atom. The number of nitrogen functional groups attached to an aromatic ring is 1. The third-order valence-corrected chi connectivity index (χ3v) is 3.98. The molecule has 2 N–H and O–H groups in total. The van der Waals surface area contributed by atoms with Crippen LogP contribution >= 0.6 is 0 Å². The summed E-state index contributed by atoms with van der Waals surface area (Å²) in [7, 11) is 0. The van der Waals surface area contributed by atoms with Gasteiger partial charge in [-0.05, 0) is 36.8 Å². The molecule has 19 heavy (non-hydrogen) atoms. The van der Waals surface area contributed by atoms with Gasteiger partial charge in [0, 0.05) is 13.0 Å². The first kappa shape index (κ1) is 13.8. The van der Waals surface area contributed by atoms with Gasteiger partial charge >= 0.3 is 0 Å². The van der Waals surface area contributed by atoms with Crippen LogP contribution in [0.1, 0.15) is 38.8 Å². The number of aromatic nitrogens is 1. The van der Waals surface area contributed by atoms with E-state index >= 15 is 0 Å². The number of nitrogens with two attached hydrogens (primary N) is 1. The van der Waals surface area contributed by atoms with Gasteiger partial charge in [0.2, 0.25) is 5.91 Å². The molecule has 0 aliphatic carbocycles. The highest BCUT2D eigenvalue weighted by molar-refractivity contribution is 5.76. The van der Waals surface area contributed by atoms with Gasteiger partial charge in [0.15, 0.2) is 0 Å². The molecule has 4 nitrogen and oxygen atoms in total. The number of amides is 1. The van der Waals surface area contributed by atoms with E-state index in [1.807, 2.05) is 17.0 Å². The van der Waals surface area contributed by atoms with Crippen LogP contribution in [0.2, 0.25) is 0 Å². The highest BCUT2D eigenvalue weighted by Gasteiger charge is 2.24. The van der Waals surface area contributed by atoms with Gasteiger partial charge in [-0.3, -0.25) is 4.79 Å². The fourth-order valence-corrected chi connectivity index (χ4v) is 2.67. The van der Waals surface area contributed by atoms with Crippen LogP contribution in [0.5, 0.6) is 0 Å². The molecular formula is C15H23N3O. The zero-order valence-corrected chi connectivity index (χ0v) is 11.8. The standard InChI is InChI=1S/C15H23N3O/c1-11(2)12-6-7-15(19)18(9-8-12)10-13-4-3-5-14(16)17-13/h3-5,11-12H,6-10H2,1-2H3,(H2,16,17). The Morgan fingerprint density at radius 1 is 1.42 bits per heavy atom. The number of rotatable bonds is 3. The Labute approximate surface area is 115 Å². The fraction of sp³-hybridized carbons (Fsp3) is 0.600. The summed E-state index contributed by atoms with van der Waals surface area (Å²) in [6, 6.07) is 5.58. The Kier molecular flexibility index (Phi) is 4.40. The molecule has 0 spiro atoms. The maximum absolute atomic E-state index is 12.1. The number of likely N-dealkylation sites (tertiary alicyclic amines) is 1. The Balaban J connectivity index is 2.02. The van der Waals surface area contributed by atoms with Crippen LogP contribution in [0.25, 0.3) is 0 Å². The monoisotopic (exact) mass is 261 g/mol. The SMILES string of the molecule is CC(C)C1CCC(=O)N(Cc2cccc(N)n2)CC1. The molecule has 1 atom stereocenters. The van der Waals surface area contributed by atoms with E-state index < -0.39 is 0 Å². The summed E-state index contributed by atoms with van der Waals surface area (Å²) in [6.07, 6.45) is 2.76. The first-order valence-corrected chi connectivity index (χ1v) is 7.05. The van der Waals surface area contributed by atoms with Gasteiger partial charge in [-0.15, -0.1) is 0 Å². The van der Waals surface area contributed by atoms with Crippen molar-refractivity contribution in [3.8, 4) is 0 Å². The lowest BCUT2D eigenvalue weighted by molar-refractivity contribution is -0.131. The van der Waals surface area contributed by atoms with Crippen molar-refractivity contribution in [2.45, 2.75) is 39.7 Å². The van der Waals surface area contributed by atoms with E-state index in [-0.39, 0.29) is 5.91 Å². The normalized spacial score (nSPS) is 20.7. The molecule has 1 fully saturated rings. The maximum Gasteiger partial charge on any atom is 0.222 e. The molecule has 1 aliphatic rings. The van der Waals surface area contributed by atoms with Crippen LogP contribution in [-0.4, -0.2) is 22.3 Å². The minimum atomic E-state index is 0.243. The fourth-order valence-electron chi connectivity index (χ4n) is 2.67. The zero-order valence-electron chi connectivity index (χ0n) is 11.8. The lowest BCUT2D eigenvalue weighted by Gasteiger charge is -2.21. The number of anilines is 1. The lowest BCUT2D eigenvalue weighted by Crippen LogP contribution is -2.30. The molecule has 1 aliphatic heterocycles. The van der Waals surface area contributed by atoms with E-state index in [9.17, 15) is 4.79 Å². The van der Waals surface area contributed by atoms with Crippen LogP contribution < -0.4 is 5.73 Å². The minimum absolute atomic E-state index is 0.243. The second-order valence-corrected chi connectivity index (χ2v) is 5.70.